The molecule has 0 unspecified atom stereocenters. The van der Waals surface area contributed by atoms with Crippen LogP contribution >= 0.6 is 0 Å². The van der Waals surface area contributed by atoms with Crippen LogP contribution in [0.15, 0.2) is 51.9 Å². The third kappa shape index (κ3) is 3.21. The summed E-state index contributed by atoms with van der Waals surface area (Å²) >= 11 is 0. The predicted octanol–water partition coefficient (Wildman–Crippen LogP) is 1.31. The van der Waals surface area contributed by atoms with Crippen molar-refractivity contribution in [2.24, 2.45) is 7.05 Å². The first-order valence-corrected chi connectivity index (χ1v) is 9.31. The first kappa shape index (κ1) is 18.1. The van der Waals surface area contributed by atoms with E-state index in [1.165, 1.54) is 6.26 Å². The van der Waals surface area contributed by atoms with Gasteiger partial charge in [0.05, 0.1) is 17.3 Å². The molecule has 0 atom stereocenters. The Morgan fingerprint density at radius 1 is 0.964 bits per heavy atom. The summed E-state index contributed by atoms with van der Waals surface area (Å²) < 4.78 is 8.39. The summed E-state index contributed by atoms with van der Waals surface area (Å²) in [5.74, 6) is 0.152. The van der Waals surface area contributed by atoms with Gasteiger partial charge in [0.2, 0.25) is 5.91 Å². The van der Waals surface area contributed by atoms with E-state index >= 15 is 0 Å². The van der Waals surface area contributed by atoms with E-state index in [1.807, 2.05) is 24.3 Å². The number of benzene rings is 1. The van der Waals surface area contributed by atoms with Gasteiger partial charge in [-0.2, -0.15) is 0 Å². The number of aryl methyl sites for hydroxylation is 2. The number of furan rings is 1. The Morgan fingerprint density at radius 3 is 2.32 bits per heavy atom. The first-order valence-electron chi connectivity index (χ1n) is 9.31. The van der Waals surface area contributed by atoms with Gasteiger partial charge in [0.15, 0.2) is 5.76 Å². The first-order chi connectivity index (χ1) is 13.6. The smallest absolute Gasteiger partial charge is 0.328 e. The van der Waals surface area contributed by atoms with E-state index in [-0.39, 0.29) is 23.9 Å². The molecule has 1 aliphatic heterocycles. The lowest BCUT2D eigenvalue weighted by molar-refractivity contribution is -0.132. The number of rotatable bonds is 4. The Hall–Kier alpha value is -3.29. The van der Waals surface area contributed by atoms with Gasteiger partial charge in [0.1, 0.15) is 0 Å². The number of hydrogen-bond donors (Lipinski definition) is 0. The zero-order chi connectivity index (χ0) is 19.7. The fourth-order valence-electron chi connectivity index (χ4n) is 3.66. The predicted molar refractivity (Wildman–Crippen MR) is 103 cm³/mol. The molecule has 0 N–H and O–H groups in total. The summed E-state index contributed by atoms with van der Waals surface area (Å²) in [4.78, 5) is 40.8. The van der Waals surface area contributed by atoms with E-state index in [9.17, 15) is 14.4 Å². The third-order valence-corrected chi connectivity index (χ3v) is 5.25. The zero-order valence-electron chi connectivity index (χ0n) is 15.7. The highest BCUT2D eigenvalue weighted by Gasteiger charge is 2.26. The molecular formula is C20H22N4O4. The maximum Gasteiger partial charge on any atom is 0.328 e. The summed E-state index contributed by atoms with van der Waals surface area (Å²) in [5, 5.41) is 0. The van der Waals surface area contributed by atoms with Crippen LogP contribution in [0.5, 0.6) is 0 Å². The van der Waals surface area contributed by atoms with E-state index < -0.39 is 0 Å². The Labute approximate surface area is 161 Å². The molecule has 2 amide bonds. The third-order valence-electron chi connectivity index (χ3n) is 5.25. The van der Waals surface area contributed by atoms with Crippen LogP contribution in [0.1, 0.15) is 17.0 Å². The molecule has 3 aromatic rings. The molecule has 1 saturated heterocycles. The van der Waals surface area contributed by atoms with Gasteiger partial charge in [-0.3, -0.25) is 18.7 Å². The highest BCUT2D eigenvalue weighted by atomic mass is 16.3. The van der Waals surface area contributed by atoms with E-state index in [0.29, 0.717) is 38.5 Å². The topological polar surface area (TPSA) is 80.7 Å². The summed E-state index contributed by atoms with van der Waals surface area (Å²) in [6.45, 7) is 2.25. The molecule has 0 spiro atoms. The van der Waals surface area contributed by atoms with Gasteiger partial charge in [-0.1, -0.05) is 12.1 Å². The lowest BCUT2D eigenvalue weighted by atomic mass is 10.2. The van der Waals surface area contributed by atoms with Crippen molar-refractivity contribution in [3.8, 4) is 0 Å². The lowest BCUT2D eigenvalue weighted by Crippen LogP contribution is -2.50. The minimum absolute atomic E-state index is 0.00932. The maximum atomic E-state index is 12.6. The number of piperazine rings is 1. The van der Waals surface area contributed by atoms with E-state index in [1.54, 1.807) is 38.1 Å². The summed E-state index contributed by atoms with van der Waals surface area (Å²) in [6.07, 6.45) is 1.72. The molecule has 8 heteroatoms. The molecule has 0 radical (unpaired) electrons. The molecule has 1 aromatic carbocycles. The molecule has 28 heavy (non-hydrogen) atoms. The fourth-order valence-corrected chi connectivity index (χ4v) is 3.66. The average Bonchev–Trinajstić information content (AvgIpc) is 3.35. The molecule has 0 saturated carbocycles. The second-order valence-electron chi connectivity index (χ2n) is 6.88. The zero-order valence-corrected chi connectivity index (χ0v) is 15.7. The van der Waals surface area contributed by atoms with Crippen LogP contribution in [0.3, 0.4) is 0 Å². The lowest BCUT2D eigenvalue weighted by Gasteiger charge is -2.34. The van der Waals surface area contributed by atoms with Gasteiger partial charge in [-0.05, 0) is 24.3 Å². The Morgan fingerprint density at radius 2 is 1.64 bits per heavy atom. The quantitative estimate of drug-likeness (QED) is 0.681. The monoisotopic (exact) mass is 382 g/mol. The number of aromatic nitrogens is 2. The van der Waals surface area contributed by atoms with Crippen molar-refractivity contribution in [1.82, 2.24) is 18.9 Å². The molecule has 3 heterocycles. The molecule has 2 aromatic heterocycles. The fraction of sp³-hybridized carbons (Fsp3) is 0.350. The SMILES string of the molecule is Cn1c(=O)n(CCC(=O)N2CCN(C(=O)c3ccco3)CC2)c2ccccc21. The molecule has 1 fully saturated rings. The van der Waals surface area contributed by atoms with E-state index in [0.717, 1.165) is 11.0 Å². The molecule has 8 nitrogen and oxygen atoms in total. The molecule has 0 bridgehead atoms. The number of nitrogens with zero attached hydrogens (tertiary/aromatic N) is 4. The largest absolute Gasteiger partial charge is 0.459 e. The Bertz CT molecular complexity index is 1060. The van der Waals surface area contributed by atoms with Gasteiger partial charge >= 0.3 is 5.69 Å². The highest BCUT2D eigenvalue weighted by molar-refractivity contribution is 5.91. The number of carbonyl (C=O) groups excluding carboxylic acids is 2. The van der Waals surface area contributed by atoms with Crippen LogP contribution in [-0.2, 0) is 18.4 Å². The molecule has 1 aliphatic rings. The van der Waals surface area contributed by atoms with Crippen LogP contribution < -0.4 is 5.69 Å². The van der Waals surface area contributed by atoms with Crippen LogP contribution in [0.4, 0.5) is 0 Å². The van der Waals surface area contributed by atoms with Gasteiger partial charge in [0, 0.05) is 46.2 Å². The van der Waals surface area contributed by atoms with Crippen molar-refractivity contribution in [3.63, 3.8) is 0 Å². The second-order valence-corrected chi connectivity index (χ2v) is 6.88. The van der Waals surface area contributed by atoms with Crippen LogP contribution in [0.2, 0.25) is 0 Å². The number of para-hydroxylation sites is 2. The van der Waals surface area contributed by atoms with E-state index in [2.05, 4.69) is 0 Å². The van der Waals surface area contributed by atoms with Gasteiger partial charge < -0.3 is 14.2 Å². The normalized spacial score (nSPS) is 14.6. The summed E-state index contributed by atoms with van der Waals surface area (Å²) in [5.41, 5.74) is 1.56. The summed E-state index contributed by atoms with van der Waals surface area (Å²) in [7, 11) is 1.73. The van der Waals surface area contributed by atoms with Gasteiger partial charge in [-0.25, -0.2) is 4.79 Å². The van der Waals surface area contributed by atoms with Crippen molar-refractivity contribution >= 4 is 22.8 Å². The summed E-state index contributed by atoms with van der Waals surface area (Å²) in [6, 6.07) is 10.9. The minimum atomic E-state index is -0.153. The number of hydrogen-bond acceptors (Lipinski definition) is 4. The standard InChI is InChI=1S/C20H22N4O4/c1-21-15-5-2-3-6-16(15)24(20(21)27)9-8-18(25)22-10-12-23(13-11-22)19(26)17-7-4-14-28-17/h2-7,14H,8-13H2,1H3. The number of imidazole rings is 1. The highest BCUT2D eigenvalue weighted by Crippen LogP contribution is 2.13. The maximum absolute atomic E-state index is 12.6. The minimum Gasteiger partial charge on any atom is -0.459 e. The Balaban J connectivity index is 1.36. The second kappa shape index (κ2) is 7.38. The van der Waals surface area contributed by atoms with Crippen molar-refractivity contribution in [1.29, 1.82) is 0 Å². The Kier molecular flexibility index (Phi) is 4.77. The molecule has 0 aliphatic carbocycles. The van der Waals surface area contributed by atoms with Crippen LogP contribution in [0, 0.1) is 0 Å². The van der Waals surface area contributed by atoms with Crippen LogP contribution in [0.25, 0.3) is 11.0 Å². The molecular weight excluding hydrogens is 360 g/mol. The number of carbonyl (C=O) groups is 2. The van der Waals surface area contributed by atoms with Crippen molar-refractivity contribution in [2.75, 3.05) is 26.2 Å². The number of amides is 2. The molecule has 146 valence electrons. The molecule has 4 rings (SSSR count). The van der Waals surface area contributed by atoms with Gasteiger partial charge in [0.25, 0.3) is 5.91 Å². The number of fused-ring (bicyclic) bond motifs is 1. The average molecular weight is 382 g/mol. The van der Waals surface area contributed by atoms with Crippen LogP contribution in [-0.4, -0.2) is 56.9 Å². The van der Waals surface area contributed by atoms with Crippen molar-refractivity contribution in [2.45, 2.75) is 13.0 Å². The van der Waals surface area contributed by atoms with E-state index in [4.69, 9.17) is 4.42 Å². The van der Waals surface area contributed by atoms with Gasteiger partial charge in [-0.15, -0.1) is 0 Å². The van der Waals surface area contributed by atoms with Crippen molar-refractivity contribution in [3.05, 3.63) is 58.9 Å². The van der Waals surface area contributed by atoms with Crippen molar-refractivity contribution < 1.29 is 14.0 Å².